The third kappa shape index (κ3) is 5.31. The zero-order valence-electron chi connectivity index (χ0n) is 14.9. The van der Waals surface area contributed by atoms with Gasteiger partial charge >= 0.3 is 0 Å². The van der Waals surface area contributed by atoms with Crippen molar-refractivity contribution in [2.45, 2.75) is 39.5 Å². The Kier molecular flexibility index (Phi) is 6.98. The fourth-order valence-electron chi connectivity index (χ4n) is 2.92. The van der Waals surface area contributed by atoms with Crippen LogP contribution in [0.1, 0.15) is 38.7 Å². The van der Waals surface area contributed by atoms with Gasteiger partial charge in [0.05, 0.1) is 0 Å². The first-order valence-corrected chi connectivity index (χ1v) is 8.85. The second-order valence-corrected chi connectivity index (χ2v) is 6.02. The van der Waals surface area contributed by atoms with E-state index in [0.29, 0.717) is 45.3 Å². The normalized spacial score (nSPS) is 10.8. The number of aromatic nitrogens is 1. The Balaban J connectivity index is 1.70. The lowest BCUT2D eigenvalue weighted by Gasteiger charge is -2.18. The predicted octanol–water partition coefficient (Wildman–Crippen LogP) is 3.00. The molecule has 0 aliphatic heterocycles. The third-order valence-corrected chi connectivity index (χ3v) is 4.36. The number of hydrogen-bond donors (Lipinski definition) is 2. The van der Waals surface area contributed by atoms with Gasteiger partial charge in [0.2, 0.25) is 11.8 Å². The highest BCUT2D eigenvalue weighted by Crippen LogP contribution is 2.19. The van der Waals surface area contributed by atoms with Gasteiger partial charge in [-0.2, -0.15) is 0 Å². The average molecular weight is 347 g/mol. The number of fused-ring (bicyclic) bond motifs is 1. The van der Waals surface area contributed by atoms with Gasteiger partial charge in [0.15, 0.2) is 0 Å². The average Bonchev–Trinajstić information content (AvgIpc) is 2.98. The van der Waals surface area contributed by atoms with E-state index < -0.39 is 0 Å². The van der Waals surface area contributed by atoms with Crippen molar-refractivity contribution in [3.05, 3.63) is 35.8 Å². The molecule has 0 unspecified atom stereocenters. The van der Waals surface area contributed by atoms with Crippen LogP contribution >= 0.6 is 0 Å². The largest absolute Gasteiger partial charge is 0.361 e. The maximum absolute atomic E-state index is 13.2. The van der Waals surface area contributed by atoms with Crippen LogP contribution < -0.4 is 5.32 Å². The summed E-state index contributed by atoms with van der Waals surface area (Å²) in [5.41, 5.74) is 1.81. The minimum atomic E-state index is -0.270. The van der Waals surface area contributed by atoms with E-state index in [4.69, 9.17) is 0 Å². The van der Waals surface area contributed by atoms with Gasteiger partial charge in [0.1, 0.15) is 5.82 Å². The van der Waals surface area contributed by atoms with Crippen LogP contribution in [-0.4, -0.2) is 41.3 Å². The lowest BCUT2D eigenvalue weighted by molar-refractivity contribution is -0.131. The van der Waals surface area contributed by atoms with Crippen LogP contribution in [0, 0.1) is 5.82 Å². The summed E-state index contributed by atoms with van der Waals surface area (Å²) >= 11 is 0. The Morgan fingerprint density at radius 1 is 1.20 bits per heavy atom. The Hall–Kier alpha value is -2.37. The highest BCUT2D eigenvalue weighted by molar-refractivity contribution is 5.83. The number of amides is 2. The van der Waals surface area contributed by atoms with Crippen molar-refractivity contribution < 1.29 is 14.0 Å². The molecule has 0 saturated heterocycles. The maximum atomic E-state index is 13.2. The minimum Gasteiger partial charge on any atom is -0.361 e. The molecule has 0 aliphatic carbocycles. The van der Waals surface area contributed by atoms with Gasteiger partial charge in [-0.15, -0.1) is 0 Å². The standard InChI is InChI=1S/C19H26FN3O2/c1-3-23(4-2)19(25)7-5-6-18(24)21-11-10-14-13-22-17-12-15(20)8-9-16(14)17/h8-9,12-13,22H,3-7,10-11H2,1-2H3,(H,21,24). The summed E-state index contributed by atoms with van der Waals surface area (Å²) in [5, 5.41) is 3.85. The molecule has 0 saturated carbocycles. The molecule has 25 heavy (non-hydrogen) atoms. The summed E-state index contributed by atoms with van der Waals surface area (Å²) in [6.07, 6.45) is 3.84. The molecule has 0 spiro atoms. The molecule has 0 radical (unpaired) electrons. The van der Waals surface area contributed by atoms with E-state index in [9.17, 15) is 14.0 Å². The Bertz CT molecular complexity index is 723. The van der Waals surface area contributed by atoms with Crippen LogP contribution in [0.5, 0.6) is 0 Å². The lowest BCUT2D eigenvalue weighted by atomic mass is 10.1. The topological polar surface area (TPSA) is 65.2 Å². The highest BCUT2D eigenvalue weighted by Gasteiger charge is 2.10. The number of H-pyrrole nitrogens is 1. The fraction of sp³-hybridized carbons (Fsp3) is 0.474. The van der Waals surface area contributed by atoms with Crippen LogP contribution in [-0.2, 0) is 16.0 Å². The van der Waals surface area contributed by atoms with Gasteiger partial charge < -0.3 is 15.2 Å². The molecule has 5 nitrogen and oxygen atoms in total. The molecule has 2 aromatic rings. The van der Waals surface area contributed by atoms with E-state index in [1.165, 1.54) is 12.1 Å². The van der Waals surface area contributed by atoms with Crippen molar-refractivity contribution in [1.29, 1.82) is 0 Å². The molecule has 1 heterocycles. The Labute approximate surface area is 147 Å². The molecule has 2 amide bonds. The second-order valence-electron chi connectivity index (χ2n) is 6.02. The van der Waals surface area contributed by atoms with Crippen molar-refractivity contribution in [2.75, 3.05) is 19.6 Å². The van der Waals surface area contributed by atoms with Gasteiger partial charge in [-0.1, -0.05) is 0 Å². The van der Waals surface area contributed by atoms with Crippen molar-refractivity contribution in [3.8, 4) is 0 Å². The Morgan fingerprint density at radius 2 is 1.96 bits per heavy atom. The summed E-state index contributed by atoms with van der Waals surface area (Å²) in [5.74, 6) is -0.212. The molecule has 6 heteroatoms. The number of carbonyl (C=O) groups excluding carboxylic acids is 2. The van der Waals surface area contributed by atoms with Gasteiger partial charge in [0.25, 0.3) is 0 Å². The van der Waals surface area contributed by atoms with Crippen LogP contribution in [0.25, 0.3) is 10.9 Å². The van der Waals surface area contributed by atoms with E-state index in [-0.39, 0.29) is 17.6 Å². The summed E-state index contributed by atoms with van der Waals surface area (Å²) < 4.78 is 13.2. The number of halogens is 1. The van der Waals surface area contributed by atoms with Gasteiger partial charge in [-0.05, 0) is 50.5 Å². The van der Waals surface area contributed by atoms with E-state index in [0.717, 1.165) is 16.5 Å². The quantitative estimate of drug-likeness (QED) is 0.732. The van der Waals surface area contributed by atoms with E-state index in [2.05, 4.69) is 10.3 Å². The molecule has 0 fully saturated rings. The monoisotopic (exact) mass is 347 g/mol. The summed E-state index contributed by atoms with van der Waals surface area (Å²) in [7, 11) is 0. The SMILES string of the molecule is CCN(CC)C(=O)CCCC(=O)NCCc1c[nH]c2cc(F)ccc12. The number of carbonyl (C=O) groups is 2. The molecule has 2 rings (SSSR count). The highest BCUT2D eigenvalue weighted by atomic mass is 19.1. The van der Waals surface area contributed by atoms with Crippen molar-refractivity contribution in [2.24, 2.45) is 0 Å². The molecule has 0 atom stereocenters. The van der Waals surface area contributed by atoms with E-state index in [1.54, 1.807) is 11.0 Å². The number of hydrogen-bond acceptors (Lipinski definition) is 2. The summed E-state index contributed by atoms with van der Waals surface area (Å²) in [4.78, 5) is 28.6. The molecular weight excluding hydrogens is 321 g/mol. The number of nitrogens with zero attached hydrogens (tertiary/aromatic N) is 1. The first-order chi connectivity index (χ1) is 12.0. The predicted molar refractivity (Wildman–Crippen MR) is 96.7 cm³/mol. The second kappa shape index (κ2) is 9.20. The van der Waals surface area contributed by atoms with Crippen molar-refractivity contribution in [3.63, 3.8) is 0 Å². The number of aromatic amines is 1. The lowest BCUT2D eigenvalue weighted by Crippen LogP contribution is -2.31. The van der Waals surface area contributed by atoms with Crippen LogP contribution in [0.4, 0.5) is 4.39 Å². The van der Waals surface area contributed by atoms with E-state index >= 15 is 0 Å². The van der Waals surface area contributed by atoms with Crippen molar-refractivity contribution in [1.82, 2.24) is 15.2 Å². The third-order valence-electron chi connectivity index (χ3n) is 4.36. The van der Waals surface area contributed by atoms with Crippen LogP contribution in [0.15, 0.2) is 24.4 Å². The minimum absolute atomic E-state index is 0.0433. The van der Waals surface area contributed by atoms with Crippen molar-refractivity contribution >= 4 is 22.7 Å². The molecule has 2 N–H and O–H groups in total. The fourth-order valence-corrected chi connectivity index (χ4v) is 2.92. The van der Waals surface area contributed by atoms with E-state index in [1.807, 2.05) is 20.0 Å². The summed E-state index contributed by atoms with van der Waals surface area (Å²) in [6.45, 7) is 5.83. The first-order valence-electron chi connectivity index (χ1n) is 8.85. The molecule has 0 bridgehead atoms. The first kappa shape index (κ1) is 19.0. The van der Waals surface area contributed by atoms with Crippen LogP contribution in [0.2, 0.25) is 0 Å². The van der Waals surface area contributed by atoms with Gasteiger partial charge in [0, 0.05) is 49.6 Å². The maximum Gasteiger partial charge on any atom is 0.222 e. The number of rotatable bonds is 9. The molecule has 136 valence electrons. The molecule has 1 aromatic heterocycles. The van der Waals surface area contributed by atoms with Crippen LogP contribution in [0.3, 0.4) is 0 Å². The molecule has 0 aliphatic rings. The zero-order valence-corrected chi connectivity index (χ0v) is 14.9. The smallest absolute Gasteiger partial charge is 0.222 e. The Morgan fingerprint density at radius 3 is 2.68 bits per heavy atom. The molecular formula is C19H26FN3O2. The number of nitrogens with one attached hydrogen (secondary N) is 2. The van der Waals surface area contributed by atoms with Gasteiger partial charge in [-0.25, -0.2) is 4.39 Å². The summed E-state index contributed by atoms with van der Waals surface area (Å²) in [6, 6.07) is 4.65. The molecule has 1 aromatic carbocycles. The van der Waals surface area contributed by atoms with Gasteiger partial charge in [-0.3, -0.25) is 9.59 Å². The zero-order chi connectivity index (χ0) is 18.2. The number of benzene rings is 1.